The third-order valence-corrected chi connectivity index (χ3v) is 2.09. The SMILES string of the molecule is N#Cc1ncn(CCCCCC(=O)NN)n1. The third kappa shape index (κ3) is 4.06. The zero-order valence-corrected chi connectivity index (χ0v) is 8.89. The monoisotopic (exact) mass is 222 g/mol. The molecular weight excluding hydrogens is 208 g/mol. The lowest BCUT2D eigenvalue weighted by atomic mass is 10.2. The van der Waals surface area contributed by atoms with Crippen LogP contribution in [-0.2, 0) is 11.3 Å². The van der Waals surface area contributed by atoms with Crippen molar-refractivity contribution in [2.45, 2.75) is 32.2 Å². The highest BCUT2D eigenvalue weighted by atomic mass is 16.2. The van der Waals surface area contributed by atoms with Crippen LogP contribution in [-0.4, -0.2) is 20.7 Å². The van der Waals surface area contributed by atoms with Crippen LogP contribution in [0.2, 0.25) is 0 Å². The zero-order valence-electron chi connectivity index (χ0n) is 8.89. The number of rotatable bonds is 6. The Morgan fingerprint density at radius 1 is 1.56 bits per heavy atom. The molecule has 0 aliphatic rings. The fourth-order valence-electron chi connectivity index (χ4n) is 1.26. The van der Waals surface area contributed by atoms with Crippen LogP contribution < -0.4 is 11.3 Å². The molecule has 1 amide bonds. The second kappa shape index (κ2) is 6.53. The van der Waals surface area contributed by atoms with E-state index in [4.69, 9.17) is 11.1 Å². The summed E-state index contributed by atoms with van der Waals surface area (Å²) in [7, 11) is 0. The number of nitrogens with one attached hydrogen (secondary N) is 1. The third-order valence-electron chi connectivity index (χ3n) is 2.09. The molecule has 0 saturated carbocycles. The normalized spacial score (nSPS) is 9.75. The molecule has 1 rings (SSSR count). The van der Waals surface area contributed by atoms with Gasteiger partial charge in [-0.3, -0.25) is 14.9 Å². The van der Waals surface area contributed by atoms with E-state index in [-0.39, 0.29) is 11.7 Å². The molecule has 0 fully saturated rings. The van der Waals surface area contributed by atoms with Crippen molar-refractivity contribution in [1.82, 2.24) is 20.2 Å². The number of hydrogen-bond acceptors (Lipinski definition) is 5. The summed E-state index contributed by atoms with van der Waals surface area (Å²) >= 11 is 0. The second-order valence-electron chi connectivity index (χ2n) is 3.32. The number of hydrogen-bond donors (Lipinski definition) is 2. The van der Waals surface area contributed by atoms with E-state index in [0.29, 0.717) is 13.0 Å². The fourth-order valence-corrected chi connectivity index (χ4v) is 1.26. The molecule has 0 spiro atoms. The molecule has 0 aliphatic carbocycles. The lowest BCUT2D eigenvalue weighted by Crippen LogP contribution is -2.29. The van der Waals surface area contributed by atoms with Gasteiger partial charge in [-0.05, 0) is 12.8 Å². The Morgan fingerprint density at radius 3 is 3.00 bits per heavy atom. The van der Waals surface area contributed by atoms with Crippen molar-refractivity contribution in [3.05, 3.63) is 12.2 Å². The molecule has 0 unspecified atom stereocenters. The van der Waals surface area contributed by atoms with Gasteiger partial charge in [0.15, 0.2) is 0 Å². The van der Waals surface area contributed by atoms with Gasteiger partial charge in [-0.15, -0.1) is 5.10 Å². The van der Waals surface area contributed by atoms with Gasteiger partial charge in [-0.2, -0.15) is 5.26 Å². The molecule has 0 aromatic carbocycles. The van der Waals surface area contributed by atoms with Crippen molar-refractivity contribution in [3.8, 4) is 6.07 Å². The first kappa shape index (κ1) is 12.1. The van der Waals surface area contributed by atoms with Crippen LogP contribution in [0.3, 0.4) is 0 Å². The topological polar surface area (TPSA) is 110 Å². The number of nitriles is 1. The van der Waals surface area contributed by atoms with Gasteiger partial charge in [0, 0.05) is 13.0 Å². The molecule has 0 aliphatic heterocycles. The van der Waals surface area contributed by atoms with Gasteiger partial charge >= 0.3 is 0 Å². The average molecular weight is 222 g/mol. The van der Waals surface area contributed by atoms with Crippen molar-refractivity contribution < 1.29 is 4.79 Å². The quantitative estimate of drug-likeness (QED) is 0.297. The Kier molecular flexibility index (Phi) is 4.95. The molecule has 1 aromatic heterocycles. The molecule has 16 heavy (non-hydrogen) atoms. The molecule has 1 heterocycles. The summed E-state index contributed by atoms with van der Waals surface area (Å²) in [6.45, 7) is 0.707. The number of nitrogens with zero attached hydrogens (tertiary/aromatic N) is 4. The van der Waals surface area contributed by atoms with Gasteiger partial charge in [-0.25, -0.2) is 10.8 Å². The summed E-state index contributed by atoms with van der Waals surface area (Å²) in [6, 6.07) is 1.86. The molecule has 86 valence electrons. The molecular formula is C9H14N6O. The highest BCUT2D eigenvalue weighted by Crippen LogP contribution is 2.01. The van der Waals surface area contributed by atoms with Crippen LogP contribution in [0.15, 0.2) is 6.33 Å². The number of aromatic nitrogens is 3. The predicted octanol–water partition coefficient (Wildman–Crippen LogP) is -0.300. The average Bonchev–Trinajstić information content (AvgIpc) is 2.76. The Bertz CT molecular complexity index is 380. The van der Waals surface area contributed by atoms with Crippen molar-refractivity contribution in [3.63, 3.8) is 0 Å². The van der Waals surface area contributed by atoms with Crippen molar-refractivity contribution in [1.29, 1.82) is 5.26 Å². The van der Waals surface area contributed by atoms with Crippen molar-refractivity contribution in [2.75, 3.05) is 0 Å². The van der Waals surface area contributed by atoms with Crippen LogP contribution in [0.25, 0.3) is 0 Å². The maximum Gasteiger partial charge on any atom is 0.252 e. The van der Waals surface area contributed by atoms with Gasteiger partial charge in [-0.1, -0.05) is 6.42 Å². The highest BCUT2D eigenvalue weighted by Gasteiger charge is 2.00. The Morgan fingerprint density at radius 2 is 2.38 bits per heavy atom. The summed E-state index contributed by atoms with van der Waals surface area (Å²) in [5.74, 6) is 4.98. The van der Waals surface area contributed by atoms with Gasteiger partial charge in [0.05, 0.1) is 0 Å². The lowest BCUT2D eigenvalue weighted by molar-refractivity contribution is -0.121. The van der Waals surface area contributed by atoms with Gasteiger partial charge < -0.3 is 0 Å². The summed E-state index contributed by atoms with van der Waals surface area (Å²) in [4.78, 5) is 14.6. The first-order valence-corrected chi connectivity index (χ1v) is 5.05. The minimum absolute atomic E-state index is 0.146. The number of nitrogens with two attached hydrogens (primary N) is 1. The predicted molar refractivity (Wildman–Crippen MR) is 55.5 cm³/mol. The van der Waals surface area contributed by atoms with Gasteiger partial charge in [0.1, 0.15) is 12.4 Å². The fraction of sp³-hybridized carbons (Fsp3) is 0.556. The second-order valence-corrected chi connectivity index (χ2v) is 3.32. The minimum Gasteiger partial charge on any atom is -0.294 e. The largest absolute Gasteiger partial charge is 0.294 e. The van der Waals surface area contributed by atoms with E-state index < -0.39 is 0 Å². The molecule has 0 bridgehead atoms. The summed E-state index contributed by atoms with van der Waals surface area (Å²) in [5.41, 5.74) is 2.08. The van der Waals surface area contributed by atoms with E-state index >= 15 is 0 Å². The Hall–Kier alpha value is -1.94. The zero-order chi connectivity index (χ0) is 11.8. The molecule has 7 heteroatoms. The van der Waals surface area contributed by atoms with E-state index in [1.807, 2.05) is 6.07 Å². The molecule has 0 atom stereocenters. The maximum atomic E-state index is 10.8. The smallest absolute Gasteiger partial charge is 0.252 e. The molecule has 1 aromatic rings. The molecule has 7 nitrogen and oxygen atoms in total. The molecule has 0 radical (unpaired) electrons. The van der Waals surface area contributed by atoms with E-state index in [1.165, 1.54) is 6.33 Å². The van der Waals surface area contributed by atoms with Crippen molar-refractivity contribution >= 4 is 5.91 Å². The minimum atomic E-state index is -0.146. The van der Waals surface area contributed by atoms with Crippen LogP contribution in [0, 0.1) is 11.3 Å². The van der Waals surface area contributed by atoms with E-state index in [0.717, 1.165) is 19.3 Å². The van der Waals surface area contributed by atoms with E-state index in [1.54, 1.807) is 4.68 Å². The lowest BCUT2D eigenvalue weighted by Gasteiger charge is -2.00. The first-order valence-electron chi connectivity index (χ1n) is 5.05. The van der Waals surface area contributed by atoms with Crippen LogP contribution in [0.4, 0.5) is 0 Å². The maximum absolute atomic E-state index is 10.8. The number of amides is 1. The Balaban J connectivity index is 2.12. The van der Waals surface area contributed by atoms with Crippen LogP contribution in [0.1, 0.15) is 31.5 Å². The number of unbranched alkanes of at least 4 members (excludes halogenated alkanes) is 2. The number of hydrazine groups is 1. The molecule has 0 saturated heterocycles. The Labute approximate surface area is 93.2 Å². The van der Waals surface area contributed by atoms with Crippen LogP contribution >= 0.6 is 0 Å². The number of carbonyl (C=O) groups excluding carboxylic acids is 1. The molecule has 3 N–H and O–H groups in total. The van der Waals surface area contributed by atoms with E-state index in [2.05, 4.69) is 15.5 Å². The highest BCUT2D eigenvalue weighted by molar-refractivity contribution is 5.74. The number of aryl methyl sites for hydroxylation is 1. The number of carbonyl (C=O) groups is 1. The van der Waals surface area contributed by atoms with Crippen molar-refractivity contribution in [2.24, 2.45) is 5.84 Å². The van der Waals surface area contributed by atoms with E-state index in [9.17, 15) is 4.79 Å². The summed E-state index contributed by atoms with van der Waals surface area (Å²) in [5, 5.41) is 12.4. The van der Waals surface area contributed by atoms with Gasteiger partial charge in [0.2, 0.25) is 5.91 Å². The van der Waals surface area contributed by atoms with Crippen LogP contribution in [0.5, 0.6) is 0 Å². The standard InChI is InChI=1S/C9H14N6O/c10-6-8-12-7-15(14-8)5-3-1-2-4-9(16)13-11/h7H,1-5,11H2,(H,13,16). The van der Waals surface area contributed by atoms with Gasteiger partial charge in [0.25, 0.3) is 5.82 Å². The summed E-state index contributed by atoms with van der Waals surface area (Å²) < 4.78 is 1.63. The first-order chi connectivity index (χ1) is 7.76. The summed E-state index contributed by atoms with van der Waals surface area (Å²) in [6.07, 6.45) is 4.58.